The molecule has 1 aromatic rings. The van der Waals surface area contributed by atoms with Crippen LogP contribution in [0.4, 0.5) is 0 Å². The lowest BCUT2D eigenvalue weighted by Crippen LogP contribution is -2.35. The van der Waals surface area contributed by atoms with Crippen molar-refractivity contribution in [2.45, 2.75) is 39.8 Å². The van der Waals surface area contributed by atoms with Crippen molar-refractivity contribution < 1.29 is 0 Å². The summed E-state index contributed by atoms with van der Waals surface area (Å²) in [6.45, 7) is 9.06. The molecule has 1 aromatic carbocycles. The molecule has 0 saturated heterocycles. The van der Waals surface area contributed by atoms with Gasteiger partial charge in [0.2, 0.25) is 0 Å². The number of nitrogens with one attached hydrogen (secondary N) is 1. The maximum absolute atomic E-state index is 3.75. The molecule has 2 unspecified atom stereocenters. The molecule has 0 aliphatic heterocycles. The van der Waals surface area contributed by atoms with E-state index in [2.05, 4.69) is 63.3 Å². The minimum atomic E-state index is 0.462. The Morgan fingerprint density at radius 3 is 2.29 bits per heavy atom. The Balaban J connectivity index is 2.61. The molecule has 0 saturated carbocycles. The number of hydrogen-bond donors (Lipinski definition) is 1. The third-order valence-corrected chi connectivity index (χ3v) is 4.01. The van der Waals surface area contributed by atoms with Gasteiger partial charge in [-0.3, -0.25) is 0 Å². The van der Waals surface area contributed by atoms with E-state index in [1.54, 1.807) is 0 Å². The fraction of sp³-hybridized carbons (Fsp3) is 0.600. The molecule has 1 nitrogen and oxygen atoms in total. The number of thioether (sulfide) groups is 1. The van der Waals surface area contributed by atoms with E-state index < -0.39 is 0 Å². The van der Waals surface area contributed by atoms with Crippen molar-refractivity contribution in [3.05, 3.63) is 35.9 Å². The second-order valence-electron chi connectivity index (χ2n) is 4.86. The van der Waals surface area contributed by atoms with E-state index in [1.807, 2.05) is 11.8 Å². The van der Waals surface area contributed by atoms with Crippen molar-refractivity contribution in [1.82, 2.24) is 5.32 Å². The van der Waals surface area contributed by atoms with Gasteiger partial charge in [0.25, 0.3) is 0 Å². The molecule has 96 valence electrons. The normalized spacial score (nSPS) is 14.9. The van der Waals surface area contributed by atoms with E-state index in [9.17, 15) is 0 Å². The number of rotatable bonds is 7. The summed E-state index contributed by atoms with van der Waals surface area (Å²) in [7, 11) is 0. The Labute approximate surface area is 110 Å². The van der Waals surface area contributed by atoms with Gasteiger partial charge in [0.05, 0.1) is 0 Å². The summed E-state index contributed by atoms with van der Waals surface area (Å²) in [5.74, 6) is 3.00. The van der Waals surface area contributed by atoms with E-state index in [-0.39, 0.29) is 0 Å². The Kier molecular flexibility index (Phi) is 6.68. The number of hydrogen-bond acceptors (Lipinski definition) is 2. The van der Waals surface area contributed by atoms with Crippen molar-refractivity contribution in [2.75, 3.05) is 11.5 Å². The van der Waals surface area contributed by atoms with Crippen LogP contribution in [0.2, 0.25) is 0 Å². The Morgan fingerprint density at radius 2 is 1.76 bits per heavy atom. The van der Waals surface area contributed by atoms with Crippen molar-refractivity contribution in [2.24, 2.45) is 5.92 Å². The average Bonchev–Trinajstić information content (AvgIpc) is 2.34. The maximum atomic E-state index is 3.75. The van der Waals surface area contributed by atoms with E-state index in [1.165, 1.54) is 17.1 Å². The van der Waals surface area contributed by atoms with E-state index >= 15 is 0 Å². The summed E-state index contributed by atoms with van der Waals surface area (Å²) in [5, 5.41) is 3.75. The van der Waals surface area contributed by atoms with Crippen LogP contribution in [0.25, 0.3) is 0 Å². The topological polar surface area (TPSA) is 12.0 Å². The fourth-order valence-corrected chi connectivity index (χ4v) is 2.67. The monoisotopic (exact) mass is 251 g/mol. The summed E-state index contributed by atoms with van der Waals surface area (Å²) >= 11 is 2.00. The van der Waals surface area contributed by atoms with Crippen LogP contribution in [0.3, 0.4) is 0 Å². The third kappa shape index (κ3) is 5.13. The van der Waals surface area contributed by atoms with Gasteiger partial charge in [-0.25, -0.2) is 0 Å². The van der Waals surface area contributed by atoms with E-state index in [0.29, 0.717) is 18.0 Å². The van der Waals surface area contributed by atoms with Crippen LogP contribution in [0.5, 0.6) is 0 Å². The molecule has 2 atom stereocenters. The smallest absolute Gasteiger partial charge is 0.0345 e. The van der Waals surface area contributed by atoms with Crippen molar-refractivity contribution in [3.8, 4) is 0 Å². The maximum Gasteiger partial charge on any atom is 0.0345 e. The molecule has 0 bridgehead atoms. The van der Waals surface area contributed by atoms with Crippen molar-refractivity contribution in [3.63, 3.8) is 0 Å². The molecule has 0 amide bonds. The lowest BCUT2D eigenvalue weighted by Gasteiger charge is -2.27. The second-order valence-corrected chi connectivity index (χ2v) is 6.18. The second kappa shape index (κ2) is 7.78. The lowest BCUT2D eigenvalue weighted by atomic mass is 9.95. The van der Waals surface area contributed by atoms with Crippen LogP contribution >= 0.6 is 11.8 Å². The predicted octanol–water partition coefficient (Wildman–Crippen LogP) is 4.11. The molecule has 2 heteroatoms. The summed E-state index contributed by atoms with van der Waals surface area (Å²) in [4.78, 5) is 0. The van der Waals surface area contributed by atoms with Crippen molar-refractivity contribution >= 4 is 11.8 Å². The van der Waals surface area contributed by atoms with Gasteiger partial charge in [0.1, 0.15) is 0 Å². The molecule has 1 N–H and O–H groups in total. The third-order valence-electron chi connectivity index (χ3n) is 2.86. The van der Waals surface area contributed by atoms with Crippen LogP contribution in [0.1, 0.15) is 39.3 Å². The van der Waals surface area contributed by atoms with Gasteiger partial charge in [-0.15, -0.1) is 0 Å². The summed E-state index contributed by atoms with van der Waals surface area (Å²) in [6, 6.07) is 11.8. The van der Waals surface area contributed by atoms with Crippen LogP contribution < -0.4 is 5.32 Å². The highest BCUT2D eigenvalue weighted by Crippen LogP contribution is 2.22. The highest BCUT2D eigenvalue weighted by molar-refractivity contribution is 7.99. The Bertz CT molecular complexity index is 297. The first kappa shape index (κ1) is 14.6. The molecule has 0 fully saturated rings. The van der Waals surface area contributed by atoms with Crippen LogP contribution in [0, 0.1) is 5.92 Å². The molecule has 0 aliphatic rings. The van der Waals surface area contributed by atoms with Gasteiger partial charge < -0.3 is 5.32 Å². The molecular weight excluding hydrogens is 226 g/mol. The molecule has 0 aromatic heterocycles. The van der Waals surface area contributed by atoms with Crippen molar-refractivity contribution in [1.29, 1.82) is 0 Å². The minimum Gasteiger partial charge on any atom is -0.306 e. The van der Waals surface area contributed by atoms with Gasteiger partial charge in [0.15, 0.2) is 0 Å². The molecule has 0 heterocycles. The Hall–Kier alpha value is -0.470. The highest BCUT2D eigenvalue weighted by atomic mass is 32.2. The predicted molar refractivity (Wildman–Crippen MR) is 79.6 cm³/mol. The van der Waals surface area contributed by atoms with Crippen LogP contribution in [0.15, 0.2) is 30.3 Å². The summed E-state index contributed by atoms with van der Waals surface area (Å²) < 4.78 is 0. The first-order valence-electron chi connectivity index (χ1n) is 6.53. The molecule has 17 heavy (non-hydrogen) atoms. The highest BCUT2D eigenvalue weighted by Gasteiger charge is 2.17. The zero-order chi connectivity index (χ0) is 12.7. The van der Waals surface area contributed by atoms with Gasteiger partial charge in [0, 0.05) is 17.8 Å². The van der Waals surface area contributed by atoms with Gasteiger partial charge in [-0.05, 0) is 24.2 Å². The first-order valence-corrected chi connectivity index (χ1v) is 7.69. The van der Waals surface area contributed by atoms with E-state index in [4.69, 9.17) is 0 Å². The summed E-state index contributed by atoms with van der Waals surface area (Å²) in [5.41, 5.74) is 1.40. The quantitative estimate of drug-likeness (QED) is 0.782. The molecule has 1 rings (SSSR count). The Morgan fingerprint density at radius 1 is 1.12 bits per heavy atom. The zero-order valence-corrected chi connectivity index (χ0v) is 12.3. The molecule has 0 aliphatic carbocycles. The fourth-order valence-electron chi connectivity index (χ4n) is 1.98. The van der Waals surface area contributed by atoms with Gasteiger partial charge in [-0.2, -0.15) is 11.8 Å². The molecule has 0 spiro atoms. The average molecular weight is 251 g/mol. The largest absolute Gasteiger partial charge is 0.306 e. The van der Waals surface area contributed by atoms with Gasteiger partial charge in [-0.1, -0.05) is 51.1 Å². The molecular formula is C15H25NS. The molecule has 0 radical (unpaired) electrons. The number of benzene rings is 1. The minimum absolute atomic E-state index is 0.462. The summed E-state index contributed by atoms with van der Waals surface area (Å²) in [6.07, 6.45) is 0. The van der Waals surface area contributed by atoms with Gasteiger partial charge >= 0.3 is 0 Å². The first-order chi connectivity index (χ1) is 8.15. The SMILES string of the molecule is CCSCC(C)NC(c1ccccc1)C(C)C. The van der Waals surface area contributed by atoms with Crippen LogP contribution in [-0.4, -0.2) is 17.5 Å². The van der Waals surface area contributed by atoms with Crippen LogP contribution in [-0.2, 0) is 0 Å². The van der Waals surface area contributed by atoms with E-state index in [0.717, 1.165) is 0 Å². The zero-order valence-electron chi connectivity index (χ0n) is 11.4. The lowest BCUT2D eigenvalue weighted by molar-refractivity contribution is 0.383. The standard InChI is InChI=1S/C15H25NS/c1-5-17-11-13(4)16-15(12(2)3)14-9-7-6-8-10-14/h6-10,12-13,15-16H,5,11H2,1-4H3.